The minimum absolute atomic E-state index is 0.109. The number of carbonyl (C=O) groups is 3. The molecule has 8 heteroatoms. The van der Waals surface area contributed by atoms with Crippen LogP contribution >= 0.6 is 0 Å². The number of ether oxygens (including phenoxy) is 2. The van der Waals surface area contributed by atoms with Gasteiger partial charge in [0.15, 0.2) is 0 Å². The molecule has 0 unspecified atom stereocenters. The Labute approximate surface area is 177 Å². The number of nitrogens with one attached hydrogen (secondary N) is 1. The monoisotopic (exact) mass is 417 g/mol. The van der Waals surface area contributed by atoms with Gasteiger partial charge in [-0.2, -0.15) is 0 Å². The number of rotatable bonds is 5. The van der Waals surface area contributed by atoms with E-state index in [1.807, 2.05) is 24.3 Å². The lowest BCUT2D eigenvalue weighted by molar-refractivity contribution is -0.131. The Bertz CT molecular complexity index is 785. The number of hydrogen-bond acceptors (Lipinski definition) is 5. The maximum Gasteiger partial charge on any atom is 0.408 e. The minimum atomic E-state index is -0.621. The lowest BCUT2D eigenvalue weighted by Gasteiger charge is -2.23. The van der Waals surface area contributed by atoms with Crippen LogP contribution in [0.1, 0.15) is 32.8 Å². The number of benzene rings is 1. The SMILES string of the molecule is COc1ccccc1/C=C/C(=O)N1CCCN(C(=O)CNC(=O)OC(C)(C)C)CC1. The molecule has 0 atom stereocenters. The van der Waals surface area contributed by atoms with Gasteiger partial charge >= 0.3 is 6.09 Å². The molecule has 0 aromatic heterocycles. The average molecular weight is 418 g/mol. The molecule has 0 radical (unpaired) electrons. The average Bonchev–Trinajstić information content (AvgIpc) is 2.95. The van der Waals surface area contributed by atoms with Crippen LogP contribution < -0.4 is 10.1 Å². The fraction of sp³-hybridized carbons (Fsp3) is 0.500. The third kappa shape index (κ3) is 7.42. The Morgan fingerprint density at radius 3 is 2.43 bits per heavy atom. The van der Waals surface area contributed by atoms with E-state index in [0.717, 1.165) is 5.56 Å². The summed E-state index contributed by atoms with van der Waals surface area (Å²) in [6.45, 7) is 7.12. The first-order valence-corrected chi connectivity index (χ1v) is 10.0. The molecule has 1 aliphatic rings. The highest BCUT2D eigenvalue weighted by Gasteiger charge is 2.22. The van der Waals surface area contributed by atoms with E-state index in [4.69, 9.17) is 9.47 Å². The molecule has 1 aliphatic heterocycles. The van der Waals surface area contributed by atoms with Gasteiger partial charge in [-0.15, -0.1) is 0 Å². The number of alkyl carbamates (subject to hydrolysis) is 1. The smallest absolute Gasteiger partial charge is 0.408 e. The molecule has 0 bridgehead atoms. The molecule has 0 saturated carbocycles. The summed E-state index contributed by atoms with van der Waals surface area (Å²) >= 11 is 0. The highest BCUT2D eigenvalue weighted by atomic mass is 16.6. The quantitative estimate of drug-likeness (QED) is 0.743. The molecule has 2 rings (SSSR count). The van der Waals surface area contributed by atoms with Crippen molar-refractivity contribution in [2.75, 3.05) is 39.8 Å². The number of nitrogens with zero attached hydrogens (tertiary/aromatic N) is 2. The standard InChI is InChI=1S/C22H31N3O5/c1-22(2,3)30-21(28)23-16-20(27)25-13-7-12-24(14-15-25)19(26)11-10-17-8-5-6-9-18(17)29-4/h5-6,8-11H,7,12-16H2,1-4H3,(H,23,28)/b11-10+. The third-order valence-electron chi connectivity index (χ3n) is 4.49. The van der Waals surface area contributed by atoms with Crippen LogP contribution in [0.3, 0.4) is 0 Å². The fourth-order valence-electron chi connectivity index (χ4n) is 3.03. The molecular weight excluding hydrogens is 386 g/mol. The first-order chi connectivity index (χ1) is 14.2. The van der Waals surface area contributed by atoms with Gasteiger partial charge in [0.05, 0.1) is 7.11 Å². The molecule has 0 spiro atoms. The van der Waals surface area contributed by atoms with Crippen LogP contribution in [0.25, 0.3) is 6.08 Å². The topological polar surface area (TPSA) is 88.2 Å². The molecule has 1 aromatic rings. The molecule has 3 amide bonds. The van der Waals surface area contributed by atoms with Gasteiger partial charge in [0.1, 0.15) is 17.9 Å². The van der Waals surface area contributed by atoms with Crippen molar-refractivity contribution in [3.05, 3.63) is 35.9 Å². The predicted octanol–water partition coefficient (Wildman–Crippen LogP) is 2.29. The Morgan fingerprint density at radius 2 is 1.73 bits per heavy atom. The van der Waals surface area contributed by atoms with Gasteiger partial charge in [-0.3, -0.25) is 9.59 Å². The van der Waals surface area contributed by atoms with Gasteiger partial charge in [-0.1, -0.05) is 18.2 Å². The highest BCUT2D eigenvalue weighted by molar-refractivity contribution is 5.92. The first kappa shape index (κ1) is 23.3. The van der Waals surface area contributed by atoms with Gasteiger partial charge in [0, 0.05) is 37.8 Å². The van der Waals surface area contributed by atoms with E-state index < -0.39 is 11.7 Å². The van der Waals surface area contributed by atoms with Crippen molar-refractivity contribution >= 4 is 24.0 Å². The van der Waals surface area contributed by atoms with Crippen molar-refractivity contribution in [1.29, 1.82) is 0 Å². The maximum absolute atomic E-state index is 12.6. The van der Waals surface area contributed by atoms with E-state index >= 15 is 0 Å². The van der Waals surface area contributed by atoms with Gasteiger partial charge in [0.2, 0.25) is 11.8 Å². The van der Waals surface area contributed by atoms with Crippen LogP contribution in [0.2, 0.25) is 0 Å². The molecule has 164 valence electrons. The fourth-order valence-corrected chi connectivity index (χ4v) is 3.03. The van der Waals surface area contributed by atoms with E-state index in [9.17, 15) is 14.4 Å². The highest BCUT2D eigenvalue weighted by Crippen LogP contribution is 2.18. The summed E-state index contributed by atoms with van der Waals surface area (Å²) in [4.78, 5) is 40.1. The lowest BCUT2D eigenvalue weighted by atomic mass is 10.2. The number of hydrogen-bond donors (Lipinski definition) is 1. The van der Waals surface area contributed by atoms with Crippen molar-refractivity contribution in [3.63, 3.8) is 0 Å². The second-order valence-corrected chi connectivity index (χ2v) is 7.99. The van der Waals surface area contributed by atoms with Crippen LogP contribution in [0.15, 0.2) is 30.3 Å². The van der Waals surface area contributed by atoms with Crippen molar-refractivity contribution in [3.8, 4) is 5.75 Å². The van der Waals surface area contributed by atoms with E-state index in [1.165, 1.54) is 6.08 Å². The number of para-hydroxylation sites is 1. The number of amides is 3. The normalized spacial score (nSPS) is 14.9. The summed E-state index contributed by atoms with van der Waals surface area (Å²) in [6.07, 6.45) is 3.31. The molecule has 30 heavy (non-hydrogen) atoms. The largest absolute Gasteiger partial charge is 0.496 e. The Hall–Kier alpha value is -3.03. The summed E-state index contributed by atoms with van der Waals surface area (Å²) < 4.78 is 10.4. The van der Waals surface area contributed by atoms with Gasteiger partial charge in [-0.25, -0.2) is 4.79 Å². The Morgan fingerprint density at radius 1 is 1.07 bits per heavy atom. The third-order valence-corrected chi connectivity index (χ3v) is 4.49. The second kappa shape index (κ2) is 10.7. The Balaban J connectivity index is 1.85. The van der Waals surface area contributed by atoms with Crippen LogP contribution in [0, 0.1) is 0 Å². The summed E-state index contributed by atoms with van der Waals surface area (Å²) in [5.74, 6) is 0.397. The van der Waals surface area contributed by atoms with Crippen molar-refractivity contribution in [1.82, 2.24) is 15.1 Å². The molecule has 1 heterocycles. The van der Waals surface area contributed by atoms with Gasteiger partial charge in [0.25, 0.3) is 0 Å². The van der Waals surface area contributed by atoms with Crippen LogP contribution in [-0.4, -0.2) is 73.1 Å². The molecular formula is C22H31N3O5. The zero-order valence-electron chi connectivity index (χ0n) is 18.1. The van der Waals surface area contributed by atoms with E-state index in [-0.39, 0.29) is 18.4 Å². The van der Waals surface area contributed by atoms with Crippen molar-refractivity contribution in [2.24, 2.45) is 0 Å². The maximum atomic E-state index is 12.6. The van der Waals surface area contributed by atoms with Gasteiger partial charge < -0.3 is 24.6 Å². The number of methoxy groups -OCH3 is 1. The summed E-state index contributed by atoms with van der Waals surface area (Å²) in [5, 5.41) is 2.48. The lowest BCUT2D eigenvalue weighted by Crippen LogP contribution is -2.43. The first-order valence-electron chi connectivity index (χ1n) is 10.0. The van der Waals surface area contributed by atoms with Gasteiger partial charge in [-0.05, 0) is 39.3 Å². The minimum Gasteiger partial charge on any atom is -0.496 e. The zero-order chi connectivity index (χ0) is 22.1. The van der Waals surface area contributed by atoms with Crippen LogP contribution in [-0.2, 0) is 14.3 Å². The predicted molar refractivity (Wildman–Crippen MR) is 114 cm³/mol. The van der Waals surface area contributed by atoms with Crippen LogP contribution in [0.4, 0.5) is 4.79 Å². The second-order valence-electron chi connectivity index (χ2n) is 7.99. The molecule has 0 aliphatic carbocycles. The number of carbonyl (C=O) groups excluding carboxylic acids is 3. The van der Waals surface area contributed by atoms with E-state index in [0.29, 0.717) is 38.3 Å². The van der Waals surface area contributed by atoms with Crippen molar-refractivity contribution < 1.29 is 23.9 Å². The summed E-state index contributed by atoms with van der Waals surface area (Å²) in [5.41, 5.74) is 0.210. The van der Waals surface area contributed by atoms with Crippen molar-refractivity contribution in [2.45, 2.75) is 32.8 Å². The molecule has 1 fully saturated rings. The molecule has 1 saturated heterocycles. The molecule has 1 aromatic carbocycles. The zero-order valence-corrected chi connectivity index (χ0v) is 18.1. The van der Waals surface area contributed by atoms with Crippen LogP contribution in [0.5, 0.6) is 5.75 Å². The van der Waals surface area contributed by atoms with E-state index in [1.54, 1.807) is 43.8 Å². The summed E-state index contributed by atoms with van der Waals surface area (Å²) in [7, 11) is 1.59. The molecule has 8 nitrogen and oxygen atoms in total. The summed E-state index contributed by atoms with van der Waals surface area (Å²) in [6, 6.07) is 7.47. The van der Waals surface area contributed by atoms with E-state index in [2.05, 4.69) is 5.32 Å². The Kier molecular flexibility index (Phi) is 8.26. The molecule has 1 N–H and O–H groups in total.